The van der Waals surface area contributed by atoms with Crippen LogP contribution >= 0.6 is 0 Å². The average Bonchev–Trinajstić information content (AvgIpc) is 2.15. The molecule has 0 radical (unpaired) electrons. The molecule has 0 heterocycles. The summed E-state index contributed by atoms with van der Waals surface area (Å²) in [4.78, 5) is 10.5. The molecule has 0 spiro atoms. The summed E-state index contributed by atoms with van der Waals surface area (Å²) in [7, 11) is 0. The van der Waals surface area contributed by atoms with Crippen LogP contribution in [0, 0.1) is 22.0 Å². The zero-order chi connectivity index (χ0) is 10.6. The molecule has 1 aliphatic carbocycles. The van der Waals surface area contributed by atoms with E-state index in [1.807, 2.05) is 19.9 Å². The van der Waals surface area contributed by atoms with Crippen molar-refractivity contribution in [1.29, 1.82) is 0 Å². The van der Waals surface area contributed by atoms with Crippen molar-refractivity contribution in [2.24, 2.45) is 11.8 Å². The smallest absolute Gasteiger partial charge is 0.245 e. The fourth-order valence-electron chi connectivity index (χ4n) is 2.01. The zero-order valence-electron chi connectivity index (χ0n) is 9.03. The molecule has 0 bridgehead atoms. The van der Waals surface area contributed by atoms with E-state index in [0.717, 1.165) is 12.8 Å². The van der Waals surface area contributed by atoms with Gasteiger partial charge in [-0.15, -0.1) is 0 Å². The first kappa shape index (κ1) is 11.2. The van der Waals surface area contributed by atoms with Crippen molar-refractivity contribution in [3.63, 3.8) is 0 Å². The van der Waals surface area contributed by atoms with Crippen LogP contribution in [-0.4, -0.2) is 4.92 Å². The van der Waals surface area contributed by atoms with E-state index in [-0.39, 0.29) is 10.8 Å². The lowest BCUT2D eigenvalue weighted by atomic mass is 9.88. The van der Waals surface area contributed by atoms with Crippen molar-refractivity contribution < 1.29 is 4.92 Å². The standard InChI is InChI=1S/C11H19NO2/c1-9(2)11(12(13)14)8-10-6-4-3-5-7-10/h8-10H,3-7H2,1-2H3. The number of hydrogen-bond donors (Lipinski definition) is 0. The van der Waals surface area contributed by atoms with Crippen LogP contribution in [0.5, 0.6) is 0 Å². The molecule has 0 aromatic carbocycles. The molecule has 80 valence electrons. The highest BCUT2D eigenvalue weighted by Crippen LogP contribution is 2.27. The summed E-state index contributed by atoms with van der Waals surface area (Å²) in [6.45, 7) is 3.77. The van der Waals surface area contributed by atoms with E-state index < -0.39 is 0 Å². The Balaban J connectivity index is 2.65. The lowest BCUT2D eigenvalue weighted by Gasteiger charge is -2.18. The largest absolute Gasteiger partial charge is 0.259 e. The lowest BCUT2D eigenvalue weighted by Crippen LogP contribution is -2.11. The molecule has 1 aliphatic rings. The molecule has 0 aliphatic heterocycles. The van der Waals surface area contributed by atoms with Gasteiger partial charge in [-0.05, 0) is 24.8 Å². The van der Waals surface area contributed by atoms with Crippen molar-refractivity contribution in [1.82, 2.24) is 0 Å². The molecule has 0 amide bonds. The molecule has 1 fully saturated rings. The van der Waals surface area contributed by atoms with E-state index in [2.05, 4.69) is 0 Å². The Morgan fingerprint density at radius 3 is 2.36 bits per heavy atom. The molecule has 14 heavy (non-hydrogen) atoms. The minimum Gasteiger partial charge on any atom is -0.259 e. The summed E-state index contributed by atoms with van der Waals surface area (Å²) in [6.07, 6.45) is 7.90. The van der Waals surface area contributed by atoms with Crippen molar-refractivity contribution >= 4 is 0 Å². The maximum atomic E-state index is 10.8. The van der Waals surface area contributed by atoms with Crippen LogP contribution in [0.3, 0.4) is 0 Å². The first-order chi connectivity index (χ1) is 6.61. The Labute approximate surface area is 85.3 Å². The van der Waals surface area contributed by atoms with Gasteiger partial charge in [0.05, 0.1) is 4.92 Å². The monoisotopic (exact) mass is 197 g/mol. The van der Waals surface area contributed by atoms with Gasteiger partial charge in [0, 0.05) is 5.92 Å². The third kappa shape index (κ3) is 3.13. The van der Waals surface area contributed by atoms with Crippen LogP contribution in [-0.2, 0) is 0 Å². The van der Waals surface area contributed by atoms with Gasteiger partial charge in [-0.1, -0.05) is 33.1 Å². The molecular formula is C11H19NO2. The fourth-order valence-corrected chi connectivity index (χ4v) is 2.01. The minimum absolute atomic E-state index is 0.0342. The molecule has 0 atom stereocenters. The molecule has 0 unspecified atom stereocenters. The molecular weight excluding hydrogens is 178 g/mol. The first-order valence-corrected chi connectivity index (χ1v) is 5.47. The third-order valence-electron chi connectivity index (χ3n) is 2.86. The zero-order valence-corrected chi connectivity index (χ0v) is 9.03. The van der Waals surface area contributed by atoms with E-state index in [0.29, 0.717) is 11.6 Å². The normalized spacial score (nSPS) is 20.1. The Morgan fingerprint density at radius 2 is 1.93 bits per heavy atom. The quantitative estimate of drug-likeness (QED) is 0.514. The average molecular weight is 197 g/mol. The molecule has 1 saturated carbocycles. The number of rotatable bonds is 3. The molecule has 3 heteroatoms. The van der Waals surface area contributed by atoms with Gasteiger partial charge in [0.2, 0.25) is 5.70 Å². The molecule has 0 N–H and O–H groups in total. The van der Waals surface area contributed by atoms with Crippen LogP contribution in [0.1, 0.15) is 46.0 Å². The van der Waals surface area contributed by atoms with Crippen LogP contribution in [0.15, 0.2) is 11.8 Å². The number of nitro groups is 1. The van der Waals surface area contributed by atoms with Crippen LogP contribution in [0.4, 0.5) is 0 Å². The van der Waals surface area contributed by atoms with E-state index in [1.165, 1.54) is 19.3 Å². The van der Waals surface area contributed by atoms with Crippen LogP contribution < -0.4 is 0 Å². The second-order valence-electron chi connectivity index (χ2n) is 4.40. The summed E-state index contributed by atoms with van der Waals surface area (Å²) in [5, 5.41) is 10.8. The Hall–Kier alpha value is -0.860. The fraction of sp³-hybridized carbons (Fsp3) is 0.818. The van der Waals surface area contributed by atoms with Gasteiger partial charge in [0.25, 0.3) is 0 Å². The Kier molecular flexibility index (Phi) is 4.11. The van der Waals surface area contributed by atoms with Gasteiger partial charge in [-0.2, -0.15) is 0 Å². The summed E-state index contributed by atoms with van der Waals surface area (Å²) in [6, 6.07) is 0. The van der Waals surface area contributed by atoms with Crippen molar-refractivity contribution in [3.8, 4) is 0 Å². The van der Waals surface area contributed by atoms with Crippen molar-refractivity contribution in [2.75, 3.05) is 0 Å². The van der Waals surface area contributed by atoms with Gasteiger partial charge >= 0.3 is 0 Å². The molecule has 0 aromatic rings. The molecule has 1 rings (SSSR count). The summed E-state index contributed by atoms with van der Waals surface area (Å²) >= 11 is 0. The Morgan fingerprint density at radius 1 is 1.36 bits per heavy atom. The predicted molar refractivity (Wildman–Crippen MR) is 56.5 cm³/mol. The van der Waals surface area contributed by atoms with E-state index >= 15 is 0 Å². The molecule has 0 aromatic heterocycles. The number of hydrogen-bond acceptors (Lipinski definition) is 2. The Bertz CT molecular complexity index is 227. The first-order valence-electron chi connectivity index (χ1n) is 5.47. The van der Waals surface area contributed by atoms with Crippen molar-refractivity contribution in [2.45, 2.75) is 46.0 Å². The summed E-state index contributed by atoms with van der Waals surface area (Å²) < 4.78 is 0. The van der Waals surface area contributed by atoms with E-state index in [4.69, 9.17) is 0 Å². The second-order valence-corrected chi connectivity index (χ2v) is 4.40. The highest BCUT2D eigenvalue weighted by atomic mass is 16.6. The topological polar surface area (TPSA) is 43.1 Å². The number of nitrogens with zero attached hydrogens (tertiary/aromatic N) is 1. The lowest BCUT2D eigenvalue weighted by molar-refractivity contribution is -0.433. The highest BCUT2D eigenvalue weighted by molar-refractivity contribution is 4.99. The summed E-state index contributed by atoms with van der Waals surface area (Å²) in [5.74, 6) is 0.485. The van der Waals surface area contributed by atoms with Gasteiger partial charge in [0.15, 0.2) is 0 Å². The van der Waals surface area contributed by atoms with Gasteiger partial charge in [-0.3, -0.25) is 10.1 Å². The maximum absolute atomic E-state index is 10.8. The SMILES string of the molecule is CC(C)C(=CC1CCCCC1)[N+](=O)[O-]. The number of allylic oxidation sites excluding steroid dienone is 2. The second kappa shape index (κ2) is 5.13. The predicted octanol–water partition coefficient (Wildman–Crippen LogP) is 3.38. The van der Waals surface area contributed by atoms with Gasteiger partial charge in [-0.25, -0.2) is 0 Å². The highest BCUT2D eigenvalue weighted by Gasteiger charge is 2.20. The van der Waals surface area contributed by atoms with Crippen LogP contribution in [0.2, 0.25) is 0 Å². The van der Waals surface area contributed by atoms with E-state index in [1.54, 1.807) is 0 Å². The molecule has 0 saturated heterocycles. The third-order valence-corrected chi connectivity index (χ3v) is 2.86. The maximum Gasteiger partial charge on any atom is 0.245 e. The van der Waals surface area contributed by atoms with Gasteiger partial charge in [0.1, 0.15) is 0 Å². The van der Waals surface area contributed by atoms with Crippen LogP contribution in [0.25, 0.3) is 0 Å². The minimum atomic E-state index is -0.223. The van der Waals surface area contributed by atoms with E-state index in [9.17, 15) is 10.1 Å². The summed E-state index contributed by atoms with van der Waals surface area (Å²) in [5.41, 5.74) is 0.400. The van der Waals surface area contributed by atoms with Crippen molar-refractivity contribution in [3.05, 3.63) is 21.9 Å². The van der Waals surface area contributed by atoms with Gasteiger partial charge < -0.3 is 0 Å². The molecule has 3 nitrogen and oxygen atoms in total.